The standard InChI is InChI=1S/C11H22N2O2/c1-6(2)8(12)10(14)11(15)9(13-5)7(3)4/h6-9,13H,12H2,1-5H3/t8-,9-/m0/s1. The van der Waals surface area contributed by atoms with Crippen molar-refractivity contribution < 1.29 is 9.59 Å². The SMILES string of the molecule is CN[C@H](C(=O)C(=O)[C@@H](N)C(C)C)C(C)C. The molecule has 0 radical (unpaired) electrons. The molecule has 4 nitrogen and oxygen atoms in total. The van der Waals surface area contributed by atoms with Gasteiger partial charge in [-0.3, -0.25) is 9.59 Å². The minimum atomic E-state index is -0.688. The van der Waals surface area contributed by atoms with Crippen LogP contribution in [-0.4, -0.2) is 30.7 Å². The molecular weight excluding hydrogens is 192 g/mol. The topological polar surface area (TPSA) is 72.2 Å². The maximum Gasteiger partial charge on any atom is 0.217 e. The number of hydrogen-bond donors (Lipinski definition) is 2. The van der Waals surface area contributed by atoms with Gasteiger partial charge in [-0.25, -0.2) is 0 Å². The summed E-state index contributed by atoms with van der Waals surface area (Å²) in [5.41, 5.74) is 5.66. The Bertz CT molecular complexity index is 237. The van der Waals surface area contributed by atoms with Crippen molar-refractivity contribution in [2.75, 3.05) is 7.05 Å². The van der Waals surface area contributed by atoms with E-state index in [1.807, 2.05) is 27.7 Å². The number of hydrogen-bond acceptors (Lipinski definition) is 4. The molecule has 0 amide bonds. The average molecular weight is 214 g/mol. The van der Waals surface area contributed by atoms with Gasteiger partial charge < -0.3 is 11.1 Å². The van der Waals surface area contributed by atoms with E-state index in [0.717, 1.165) is 0 Å². The van der Waals surface area contributed by atoms with Crippen molar-refractivity contribution in [3.8, 4) is 0 Å². The van der Waals surface area contributed by atoms with E-state index >= 15 is 0 Å². The second-order valence-corrected chi connectivity index (χ2v) is 4.51. The predicted octanol–water partition coefficient (Wildman–Crippen LogP) is 0.352. The molecule has 0 aliphatic rings. The Kier molecular flexibility index (Phi) is 5.68. The van der Waals surface area contributed by atoms with Crippen molar-refractivity contribution >= 4 is 11.6 Å². The highest BCUT2D eigenvalue weighted by Crippen LogP contribution is 2.07. The van der Waals surface area contributed by atoms with Crippen molar-refractivity contribution in [3.63, 3.8) is 0 Å². The van der Waals surface area contributed by atoms with E-state index in [9.17, 15) is 9.59 Å². The van der Waals surface area contributed by atoms with E-state index in [-0.39, 0.29) is 11.8 Å². The van der Waals surface area contributed by atoms with Crippen LogP contribution in [-0.2, 0) is 9.59 Å². The third-order valence-corrected chi connectivity index (χ3v) is 2.52. The van der Waals surface area contributed by atoms with Gasteiger partial charge in [0.1, 0.15) is 0 Å². The van der Waals surface area contributed by atoms with Crippen LogP contribution in [0, 0.1) is 11.8 Å². The zero-order chi connectivity index (χ0) is 12.2. The van der Waals surface area contributed by atoms with Gasteiger partial charge in [0, 0.05) is 0 Å². The molecule has 0 saturated carbocycles. The molecule has 0 aromatic carbocycles. The highest BCUT2D eigenvalue weighted by molar-refractivity contribution is 6.41. The van der Waals surface area contributed by atoms with Crippen molar-refractivity contribution in [3.05, 3.63) is 0 Å². The summed E-state index contributed by atoms with van der Waals surface area (Å²) in [5, 5.41) is 2.85. The van der Waals surface area contributed by atoms with Crippen LogP contribution in [0.5, 0.6) is 0 Å². The molecule has 0 aromatic heterocycles. The van der Waals surface area contributed by atoms with Crippen LogP contribution in [0.3, 0.4) is 0 Å². The largest absolute Gasteiger partial charge is 0.321 e. The number of likely N-dealkylation sites (N-methyl/N-ethyl adjacent to an activating group) is 1. The van der Waals surface area contributed by atoms with Crippen molar-refractivity contribution in [1.82, 2.24) is 5.32 Å². The van der Waals surface area contributed by atoms with E-state index in [1.54, 1.807) is 7.05 Å². The van der Waals surface area contributed by atoms with Gasteiger partial charge >= 0.3 is 0 Å². The fourth-order valence-electron chi connectivity index (χ4n) is 1.39. The van der Waals surface area contributed by atoms with Crippen LogP contribution < -0.4 is 11.1 Å². The monoisotopic (exact) mass is 214 g/mol. The summed E-state index contributed by atoms with van der Waals surface area (Å²) in [6.45, 7) is 7.46. The highest BCUT2D eigenvalue weighted by Gasteiger charge is 2.31. The molecule has 0 aromatic rings. The molecule has 0 saturated heterocycles. The second-order valence-electron chi connectivity index (χ2n) is 4.51. The second kappa shape index (κ2) is 5.98. The van der Waals surface area contributed by atoms with Gasteiger partial charge in [-0.05, 0) is 18.9 Å². The number of nitrogens with one attached hydrogen (secondary N) is 1. The van der Waals surface area contributed by atoms with Crippen LogP contribution in [0.15, 0.2) is 0 Å². The number of rotatable bonds is 6. The van der Waals surface area contributed by atoms with Gasteiger partial charge in [-0.2, -0.15) is 0 Å². The third kappa shape index (κ3) is 3.72. The summed E-state index contributed by atoms with van der Waals surface area (Å²) in [5.74, 6) is -0.802. The first-order valence-electron chi connectivity index (χ1n) is 5.33. The van der Waals surface area contributed by atoms with Gasteiger partial charge in [0.15, 0.2) is 0 Å². The minimum absolute atomic E-state index is 0.00822. The van der Waals surface area contributed by atoms with Crippen molar-refractivity contribution in [1.29, 1.82) is 0 Å². The molecule has 88 valence electrons. The van der Waals surface area contributed by atoms with Crippen LogP contribution in [0.2, 0.25) is 0 Å². The first kappa shape index (κ1) is 14.3. The van der Waals surface area contributed by atoms with Crippen LogP contribution in [0.1, 0.15) is 27.7 Å². The normalized spacial score (nSPS) is 15.5. The van der Waals surface area contributed by atoms with E-state index in [0.29, 0.717) is 0 Å². The number of carbonyl (C=O) groups is 2. The number of carbonyl (C=O) groups excluding carboxylic acids is 2. The molecule has 4 heteroatoms. The number of nitrogens with two attached hydrogens (primary N) is 1. The molecule has 0 aliphatic carbocycles. The van der Waals surface area contributed by atoms with Gasteiger partial charge in [-0.15, -0.1) is 0 Å². The highest BCUT2D eigenvalue weighted by atomic mass is 16.2. The summed E-state index contributed by atoms with van der Waals surface area (Å²) in [6.07, 6.45) is 0. The van der Waals surface area contributed by atoms with Crippen LogP contribution in [0.25, 0.3) is 0 Å². The summed E-state index contributed by atoms with van der Waals surface area (Å²) >= 11 is 0. The lowest BCUT2D eigenvalue weighted by Crippen LogP contribution is -2.49. The summed E-state index contributed by atoms with van der Waals surface area (Å²) < 4.78 is 0. The quantitative estimate of drug-likeness (QED) is 0.626. The Hall–Kier alpha value is -0.740. The minimum Gasteiger partial charge on any atom is -0.321 e. The zero-order valence-corrected chi connectivity index (χ0v) is 10.2. The molecule has 0 spiro atoms. The summed E-state index contributed by atoms with van der Waals surface area (Å²) in [6, 6.07) is -1.12. The Morgan fingerprint density at radius 2 is 1.47 bits per heavy atom. The first-order chi connectivity index (χ1) is 6.82. The Balaban J connectivity index is 4.63. The summed E-state index contributed by atoms with van der Waals surface area (Å²) in [4.78, 5) is 23.4. The molecule has 3 N–H and O–H groups in total. The molecule has 0 bridgehead atoms. The lowest BCUT2D eigenvalue weighted by molar-refractivity contribution is -0.139. The lowest BCUT2D eigenvalue weighted by Gasteiger charge is -2.21. The van der Waals surface area contributed by atoms with Gasteiger partial charge in [0.05, 0.1) is 12.1 Å². The molecule has 0 fully saturated rings. The average Bonchev–Trinajstić information content (AvgIpc) is 2.15. The van der Waals surface area contributed by atoms with Crippen LogP contribution in [0.4, 0.5) is 0 Å². The third-order valence-electron chi connectivity index (χ3n) is 2.52. The first-order valence-corrected chi connectivity index (χ1v) is 5.33. The van der Waals surface area contributed by atoms with Crippen LogP contribution >= 0.6 is 0 Å². The van der Waals surface area contributed by atoms with Crippen molar-refractivity contribution in [2.24, 2.45) is 17.6 Å². The van der Waals surface area contributed by atoms with Gasteiger partial charge in [0.25, 0.3) is 0 Å². The molecule has 0 heterocycles. The molecule has 0 unspecified atom stereocenters. The predicted molar refractivity (Wildman–Crippen MR) is 60.5 cm³/mol. The summed E-state index contributed by atoms with van der Waals surface area (Å²) in [7, 11) is 1.68. The Morgan fingerprint density at radius 1 is 1.00 bits per heavy atom. The Labute approximate surface area is 91.6 Å². The van der Waals surface area contributed by atoms with Gasteiger partial charge in [-0.1, -0.05) is 27.7 Å². The maximum absolute atomic E-state index is 11.8. The molecule has 2 atom stereocenters. The van der Waals surface area contributed by atoms with Crippen molar-refractivity contribution in [2.45, 2.75) is 39.8 Å². The van der Waals surface area contributed by atoms with Gasteiger partial charge in [0.2, 0.25) is 11.6 Å². The van der Waals surface area contributed by atoms with E-state index in [4.69, 9.17) is 5.73 Å². The number of ketones is 2. The maximum atomic E-state index is 11.8. The molecule has 15 heavy (non-hydrogen) atoms. The van der Waals surface area contributed by atoms with E-state index in [2.05, 4.69) is 5.32 Å². The molecule has 0 rings (SSSR count). The lowest BCUT2D eigenvalue weighted by atomic mass is 9.91. The number of Topliss-reactive ketones (excluding diaryl/α,β-unsaturated/α-hetero) is 2. The fourth-order valence-corrected chi connectivity index (χ4v) is 1.39. The Morgan fingerprint density at radius 3 is 1.73 bits per heavy atom. The van der Waals surface area contributed by atoms with E-state index < -0.39 is 23.7 Å². The smallest absolute Gasteiger partial charge is 0.217 e. The molecule has 0 aliphatic heterocycles. The van der Waals surface area contributed by atoms with E-state index in [1.165, 1.54) is 0 Å². The zero-order valence-electron chi connectivity index (χ0n) is 10.2. The fraction of sp³-hybridized carbons (Fsp3) is 0.818. The molecular formula is C11H22N2O2.